The lowest BCUT2D eigenvalue weighted by molar-refractivity contribution is 0.174. The van der Waals surface area contributed by atoms with Gasteiger partial charge in [0.1, 0.15) is 6.61 Å². The van der Waals surface area contributed by atoms with Gasteiger partial charge in [-0.05, 0) is 25.8 Å². The fraction of sp³-hybridized carbons (Fsp3) is 0.846. The van der Waals surface area contributed by atoms with Crippen LogP contribution in [-0.4, -0.2) is 29.8 Å². The van der Waals surface area contributed by atoms with Crippen LogP contribution < -0.4 is 5.32 Å². The minimum atomic E-state index is 0.364. The van der Waals surface area contributed by atoms with Gasteiger partial charge in [-0.1, -0.05) is 24.9 Å². The van der Waals surface area contributed by atoms with Crippen LogP contribution in [0.2, 0.25) is 0 Å². The van der Waals surface area contributed by atoms with Crippen molar-refractivity contribution in [2.75, 3.05) is 13.7 Å². The van der Waals surface area contributed by atoms with E-state index in [1.54, 1.807) is 7.11 Å². The molecule has 0 radical (unpaired) electrons. The van der Waals surface area contributed by atoms with Crippen LogP contribution in [0.25, 0.3) is 0 Å². The maximum Gasteiger partial charge on any atom is 0.231 e. The Morgan fingerprint density at radius 2 is 2.22 bits per heavy atom. The van der Waals surface area contributed by atoms with Crippen molar-refractivity contribution in [1.29, 1.82) is 0 Å². The van der Waals surface area contributed by atoms with E-state index in [0.717, 1.165) is 25.3 Å². The van der Waals surface area contributed by atoms with Crippen molar-refractivity contribution < 1.29 is 9.26 Å². The summed E-state index contributed by atoms with van der Waals surface area (Å²) in [4.78, 5) is 4.44. The highest BCUT2D eigenvalue weighted by Gasteiger charge is 2.30. The van der Waals surface area contributed by atoms with Crippen LogP contribution in [0.1, 0.15) is 56.7 Å². The molecule has 1 aromatic heterocycles. The first kappa shape index (κ1) is 13.5. The third-order valence-electron chi connectivity index (χ3n) is 3.50. The molecule has 0 aromatic carbocycles. The molecule has 102 valence electrons. The average Bonchev–Trinajstić information content (AvgIpc) is 2.86. The summed E-state index contributed by atoms with van der Waals surface area (Å²) >= 11 is 0. The second-order valence-corrected chi connectivity index (χ2v) is 4.93. The van der Waals surface area contributed by atoms with Crippen LogP contribution in [0.5, 0.6) is 0 Å². The van der Waals surface area contributed by atoms with E-state index in [-0.39, 0.29) is 0 Å². The molecule has 1 aliphatic rings. The number of hydrogen-bond donors (Lipinski definition) is 1. The number of nitrogens with zero attached hydrogens (tertiary/aromatic N) is 2. The van der Waals surface area contributed by atoms with Gasteiger partial charge in [-0.25, -0.2) is 0 Å². The molecule has 1 heterocycles. The molecule has 1 aliphatic carbocycles. The molecule has 1 saturated carbocycles. The summed E-state index contributed by atoms with van der Waals surface area (Å²) in [6.07, 6.45) is 6.03. The molecule has 0 spiro atoms. The summed E-state index contributed by atoms with van der Waals surface area (Å²) in [6, 6.07) is 0.481. The van der Waals surface area contributed by atoms with Crippen molar-refractivity contribution >= 4 is 0 Å². The molecule has 2 atom stereocenters. The minimum absolute atomic E-state index is 0.364. The van der Waals surface area contributed by atoms with Gasteiger partial charge in [-0.2, -0.15) is 4.98 Å². The Hall–Kier alpha value is -0.940. The monoisotopic (exact) mass is 253 g/mol. The minimum Gasteiger partial charge on any atom is -0.377 e. The van der Waals surface area contributed by atoms with Gasteiger partial charge in [-0.3, -0.25) is 0 Å². The van der Waals surface area contributed by atoms with E-state index in [4.69, 9.17) is 9.26 Å². The largest absolute Gasteiger partial charge is 0.377 e. The standard InChI is InChI=1S/C13H23N3O2/c1-3-8-14-11-7-5-4-6-10(11)13-15-12(9-17-2)16-18-13/h10-11,14H,3-9H2,1-2H3. The lowest BCUT2D eigenvalue weighted by atomic mass is 9.84. The molecule has 18 heavy (non-hydrogen) atoms. The van der Waals surface area contributed by atoms with Gasteiger partial charge in [0.25, 0.3) is 0 Å². The van der Waals surface area contributed by atoms with Crippen LogP contribution in [-0.2, 0) is 11.3 Å². The smallest absolute Gasteiger partial charge is 0.231 e. The molecular formula is C13H23N3O2. The summed E-state index contributed by atoms with van der Waals surface area (Å²) in [5, 5.41) is 7.56. The van der Waals surface area contributed by atoms with Gasteiger partial charge in [0.15, 0.2) is 5.82 Å². The van der Waals surface area contributed by atoms with Crippen LogP contribution >= 0.6 is 0 Å². The lowest BCUT2D eigenvalue weighted by Gasteiger charge is -2.29. The van der Waals surface area contributed by atoms with Crippen molar-refractivity contribution in [2.45, 2.75) is 57.6 Å². The van der Waals surface area contributed by atoms with E-state index < -0.39 is 0 Å². The average molecular weight is 253 g/mol. The summed E-state index contributed by atoms with van der Waals surface area (Å²) in [6.45, 7) is 3.66. The number of ether oxygens (including phenoxy) is 1. The predicted molar refractivity (Wildman–Crippen MR) is 68.3 cm³/mol. The lowest BCUT2D eigenvalue weighted by Crippen LogP contribution is -2.37. The second kappa shape index (κ2) is 6.85. The third-order valence-corrected chi connectivity index (χ3v) is 3.50. The van der Waals surface area contributed by atoms with Crippen molar-refractivity contribution in [3.05, 3.63) is 11.7 Å². The van der Waals surface area contributed by atoms with Crippen molar-refractivity contribution in [3.8, 4) is 0 Å². The predicted octanol–water partition coefficient (Wildman–Crippen LogP) is 2.24. The van der Waals surface area contributed by atoms with Crippen LogP contribution in [0, 0.1) is 0 Å². The molecule has 0 aliphatic heterocycles. The van der Waals surface area contributed by atoms with Crippen molar-refractivity contribution in [3.63, 3.8) is 0 Å². The summed E-state index contributed by atoms with van der Waals surface area (Å²) in [5.74, 6) is 1.78. The summed E-state index contributed by atoms with van der Waals surface area (Å²) < 4.78 is 10.4. The van der Waals surface area contributed by atoms with Crippen molar-refractivity contribution in [2.24, 2.45) is 0 Å². The molecule has 5 nitrogen and oxygen atoms in total. The Morgan fingerprint density at radius 1 is 1.39 bits per heavy atom. The Balaban J connectivity index is 2.02. The summed E-state index contributed by atoms with van der Waals surface area (Å²) in [7, 11) is 1.64. The van der Waals surface area contributed by atoms with Gasteiger partial charge >= 0.3 is 0 Å². The maximum atomic E-state index is 5.39. The number of hydrogen-bond acceptors (Lipinski definition) is 5. The van der Waals surface area contributed by atoms with E-state index in [9.17, 15) is 0 Å². The van der Waals surface area contributed by atoms with E-state index in [2.05, 4.69) is 22.4 Å². The third kappa shape index (κ3) is 3.29. The highest BCUT2D eigenvalue weighted by Crippen LogP contribution is 2.32. The number of methoxy groups -OCH3 is 1. The molecule has 5 heteroatoms. The van der Waals surface area contributed by atoms with Gasteiger partial charge in [0.05, 0.1) is 5.92 Å². The zero-order chi connectivity index (χ0) is 12.8. The van der Waals surface area contributed by atoms with E-state index in [1.807, 2.05) is 0 Å². The molecule has 1 N–H and O–H groups in total. The first-order chi connectivity index (χ1) is 8.85. The molecule has 2 unspecified atom stereocenters. The first-order valence-corrected chi connectivity index (χ1v) is 6.90. The van der Waals surface area contributed by atoms with Crippen molar-refractivity contribution in [1.82, 2.24) is 15.5 Å². The fourth-order valence-corrected chi connectivity index (χ4v) is 2.61. The molecule has 1 fully saturated rings. The Morgan fingerprint density at radius 3 is 3.00 bits per heavy atom. The van der Waals surface area contributed by atoms with E-state index in [0.29, 0.717) is 24.4 Å². The molecule has 1 aromatic rings. The highest BCUT2D eigenvalue weighted by atomic mass is 16.5. The second-order valence-electron chi connectivity index (χ2n) is 4.93. The quantitative estimate of drug-likeness (QED) is 0.842. The Bertz CT molecular complexity index is 354. The number of nitrogens with one attached hydrogen (secondary N) is 1. The molecule has 2 rings (SSSR count). The number of aromatic nitrogens is 2. The number of rotatable bonds is 6. The normalized spacial score (nSPS) is 24.3. The first-order valence-electron chi connectivity index (χ1n) is 6.90. The maximum absolute atomic E-state index is 5.39. The van der Waals surface area contributed by atoms with Gasteiger partial charge in [-0.15, -0.1) is 0 Å². The summed E-state index contributed by atoms with van der Waals surface area (Å²) in [5.41, 5.74) is 0. The zero-order valence-corrected chi connectivity index (χ0v) is 11.3. The molecule has 0 bridgehead atoms. The van der Waals surface area contributed by atoms with Gasteiger partial charge in [0, 0.05) is 13.2 Å². The van der Waals surface area contributed by atoms with E-state index in [1.165, 1.54) is 19.3 Å². The zero-order valence-electron chi connectivity index (χ0n) is 11.3. The Kier molecular flexibility index (Phi) is 5.13. The highest BCUT2D eigenvalue weighted by molar-refractivity contribution is 5.01. The SMILES string of the molecule is CCCNC1CCCCC1c1nc(COC)no1. The Labute approximate surface area is 108 Å². The molecule has 0 amide bonds. The van der Waals surface area contributed by atoms with Gasteiger partial charge < -0.3 is 14.6 Å². The fourth-order valence-electron chi connectivity index (χ4n) is 2.61. The molecular weight excluding hydrogens is 230 g/mol. The van der Waals surface area contributed by atoms with Crippen LogP contribution in [0.4, 0.5) is 0 Å². The van der Waals surface area contributed by atoms with Gasteiger partial charge in [0.2, 0.25) is 5.89 Å². The van der Waals surface area contributed by atoms with E-state index >= 15 is 0 Å². The topological polar surface area (TPSA) is 60.2 Å². The molecule has 0 saturated heterocycles. The van der Waals surface area contributed by atoms with Crippen LogP contribution in [0.3, 0.4) is 0 Å². The van der Waals surface area contributed by atoms with Crippen LogP contribution in [0.15, 0.2) is 4.52 Å².